The summed E-state index contributed by atoms with van der Waals surface area (Å²) in [6.07, 6.45) is 0.775. The van der Waals surface area contributed by atoms with Crippen molar-refractivity contribution < 1.29 is 14.1 Å². The van der Waals surface area contributed by atoms with Crippen molar-refractivity contribution in [2.75, 3.05) is 26.7 Å². The van der Waals surface area contributed by atoms with Crippen LogP contribution in [0.5, 0.6) is 0 Å². The first-order valence-electron chi connectivity index (χ1n) is 10.2. The number of amides is 1. The van der Waals surface area contributed by atoms with Crippen molar-refractivity contribution in [3.8, 4) is 0 Å². The van der Waals surface area contributed by atoms with E-state index in [0.29, 0.717) is 31.4 Å². The molecule has 1 aliphatic heterocycles. The smallest absolute Gasteiger partial charge is 0.407 e. The van der Waals surface area contributed by atoms with Crippen molar-refractivity contribution >= 4 is 22.7 Å². The van der Waals surface area contributed by atoms with Gasteiger partial charge in [-0.2, -0.15) is 0 Å². The van der Waals surface area contributed by atoms with Crippen molar-refractivity contribution in [3.63, 3.8) is 0 Å². The average molecular weight is 424 g/mol. The molecule has 2 heterocycles. The van der Waals surface area contributed by atoms with Gasteiger partial charge in [-0.1, -0.05) is 30.3 Å². The highest BCUT2D eigenvalue weighted by Gasteiger charge is 2.29. The summed E-state index contributed by atoms with van der Waals surface area (Å²) in [5.41, 5.74) is 1.64. The number of hydrogen-bond donors (Lipinski definition) is 0. The molecule has 4 rings (SSSR count). The standard InChI is InChI=1S/C22H24N4O5/c1-23-12-13-24(19(15-23)16-6-3-2-4-7-16)21(27)8-5-11-25-18-10-9-17(26(29)30)14-20(18)31-22(25)28/h2-4,6-7,9-10,14,19H,5,8,11-13,15H2,1H3. The quantitative estimate of drug-likeness (QED) is 0.445. The molecule has 9 heteroatoms. The summed E-state index contributed by atoms with van der Waals surface area (Å²) in [6.45, 7) is 2.56. The highest BCUT2D eigenvalue weighted by Crippen LogP contribution is 2.26. The number of aromatic nitrogens is 1. The van der Waals surface area contributed by atoms with E-state index in [1.165, 1.54) is 22.8 Å². The Morgan fingerprint density at radius 3 is 2.71 bits per heavy atom. The summed E-state index contributed by atoms with van der Waals surface area (Å²) in [5, 5.41) is 10.9. The molecule has 0 saturated carbocycles. The maximum Gasteiger partial charge on any atom is 0.419 e. The van der Waals surface area contributed by atoms with Gasteiger partial charge in [0.25, 0.3) is 5.69 Å². The van der Waals surface area contributed by atoms with Crippen LogP contribution in [0.3, 0.4) is 0 Å². The lowest BCUT2D eigenvalue weighted by atomic mass is 10.0. The fourth-order valence-electron chi connectivity index (χ4n) is 4.09. The zero-order chi connectivity index (χ0) is 22.0. The third-order valence-electron chi connectivity index (χ3n) is 5.72. The van der Waals surface area contributed by atoms with Gasteiger partial charge < -0.3 is 14.2 Å². The first-order chi connectivity index (χ1) is 14.9. The zero-order valence-corrected chi connectivity index (χ0v) is 17.3. The van der Waals surface area contributed by atoms with E-state index >= 15 is 0 Å². The highest BCUT2D eigenvalue weighted by atomic mass is 16.6. The maximum atomic E-state index is 13.0. The van der Waals surface area contributed by atoms with Crippen LogP contribution in [0.2, 0.25) is 0 Å². The van der Waals surface area contributed by atoms with Crippen LogP contribution in [0, 0.1) is 10.1 Å². The van der Waals surface area contributed by atoms with E-state index in [1.807, 2.05) is 35.2 Å². The molecule has 31 heavy (non-hydrogen) atoms. The second-order valence-electron chi connectivity index (χ2n) is 7.81. The van der Waals surface area contributed by atoms with Gasteiger partial charge in [-0.25, -0.2) is 4.79 Å². The van der Waals surface area contributed by atoms with Crippen molar-refractivity contribution in [2.45, 2.75) is 25.4 Å². The molecule has 0 N–H and O–H groups in total. The largest absolute Gasteiger partial charge is 0.419 e. The lowest BCUT2D eigenvalue weighted by Gasteiger charge is -2.40. The van der Waals surface area contributed by atoms with E-state index in [-0.39, 0.29) is 23.2 Å². The molecule has 1 aliphatic rings. The van der Waals surface area contributed by atoms with Gasteiger partial charge in [0.1, 0.15) is 0 Å². The summed E-state index contributed by atoms with van der Waals surface area (Å²) < 4.78 is 6.57. The predicted molar refractivity (Wildman–Crippen MR) is 115 cm³/mol. The SMILES string of the molecule is CN1CCN(C(=O)CCCn2c(=O)oc3cc([N+](=O)[O-])ccc32)C(c2ccccc2)C1. The fraction of sp³-hybridized carbons (Fsp3) is 0.364. The number of likely N-dealkylation sites (N-methyl/N-ethyl adjacent to an activating group) is 1. The summed E-state index contributed by atoms with van der Waals surface area (Å²) in [7, 11) is 2.05. The number of carbonyl (C=O) groups excluding carboxylic acids is 1. The number of hydrogen-bond acceptors (Lipinski definition) is 6. The number of rotatable bonds is 6. The first kappa shape index (κ1) is 20.8. The Morgan fingerprint density at radius 2 is 1.97 bits per heavy atom. The topological polar surface area (TPSA) is 102 Å². The second kappa shape index (κ2) is 8.73. The summed E-state index contributed by atoms with van der Waals surface area (Å²) in [6, 6.07) is 14.1. The zero-order valence-electron chi connectivity index (χ0n) is 17.3. The number of fused-ring (bicyclic) bond motifs is 1. The molecule has 1 atom stereocenters. The lowest BCUT2D eigenvalue weighted by molar-refractivity contribution is -0.384. The number of nitro benzene ring substituents is 1. The molecule has 162 valence electrons. The van der Waals surface area contributed by atoms with Gasteiger partial charge >= 0.3 is 5.76 Å². The summed E-state index contributed by atoms with van der Waals surface area (Å²) in [5.74, 6) is -0.525. The average Bonchev–Trinajstić information content (AvgIpc) is 3.08. The number of carbonyl (C=O) groups is 1. The Labute approximate surface area is 178 Å². The number of aryl methyl sites for hydroxylation is 1. The van der Waals surface area contributed by atoms with Crippen LogP contribution in [0.1, 0.15) is 24.4 Å². The molecule has 1 amide bonds. The lowest BCUT2D eigenvalue weighted by Crippen LogP contribution is -2.49. The van der Waals surface area contributed by atoms with E-state index < -0.39 is 10.7 Å². The molecule has 1 fully saturated rings. The van der Waals surface area contributed by atoms with Gasteiger partial charge in [0.2, 0.25) is 5.91 Å². The molecule has 0 radical (unpaired) electrons. The Hall–Kier alpha value is -3.46. The normalized spacial score (nSPS) is 17.2. The highest BCUT2D eigenvalue weighted by molar-refractivity contribution is 5.77. The maximum absolute atomic E-state index is 13.0. The molecule has 9 nitrogen and oxygen atoms in total. The monoisotopic (exact) mass is 424 g/mol. The van der Waals surface area contributed by atoms with Crippen LogP contribution in [-0.2, 0) is 11.3 Å². The van der Waals surface area contributed by atoms with E-state index in [4.69, 9.17) is 4.42 Å². The molecule has 0 spiro atoms. The van der Waals surface area contributed by atoms with Gasteiger partial charge in [-0.15, -0.1) is 0 Å². The number of nitrogens with zero attached hydrogens (tertiary/aromatic N) is 4. The van der Waals surface area contributed by atoms with Crippen molar-refractivity contribution in [1.29, 1.82) is 0 Å². The molecule has 3 aromatic rings. The molecular weight excluding hydrogens is 400 g/mol. The summed E-state index contributed by atoms with van der Waals surface area (Å²) >= 11 is 0. The number of benzene rings is 2. The minimum Gasteiger partial charge on any atom is -0.407 e. The van der Waals surface area contributed by atoms with Gasteiger partial charge in [-0.05, 0) is 25.1 Å². The Morgan fingerprint density at radius 1 is 1.19 bits per heavy atom. The van der Waals surface area contributed by atoms with E-state index in [2.05, 4.69) is 11.9 Å². The Balaban J connectivity index is 1.44. The van der Waals surface area contributed by atoms with Crippen LogP contribution in [0.25, 0.3) is 11.1 Å². The van der Waals surface area contributed by atoms with Crippen molar-refractivity contribution in [3.05, 3.63) is 74.8 Å². The molecule has 1 unspecified atom stereocenters. The van der Waals surface area contributed by atoms with Gasteiger partial charge in [0.15, 0.2) is 5.58 Å². The Bertz CT molecular complexity index is 1150. The second-order valence-corrected chi connectivity index (χ2v) is 7.81. The molecule has 1 saturated heterocycles. The van der Waals surface area contributed by atoms with Crippen molar-refractivity contribution in [1.82, 2.24) is 14.4 Å². The third-order valence-corrected chi connectivity index (χ3v) is 5.72. The minimum absolute atomic E-state index is 0.00507. The van der Waals surface area contributed by atoms with Crippen LogP contribution in [0.15, 0.2) is 57.7 Å². The number of non-ortho nitro benzene ring substituents is 1. The van der Waals surface area contributed by atoms with Crippen molar-refractivity contribution in [2.24, 2.45) is 0 Å². The van der Waals surface area contributed by atoms with E-state index in [0.717, 1.165) is 18.7 Å². The van der Waals surface area contributed by atoms with Crippen LogP contribution >= 0.6 is 0 Å². The van der Waals surface area contributed by atoms with Crippen LogP contribution in [0.4, 0.5) is 5.69 Å². The molecular formula is C22H24N4O5. The summed E-state index contributed by atoms with van der Waals surface area (Å²) in [4.78, 5) is 39.7. The molecule has 2 aromatic carbocycles. The van der Waals surface area contributed by atoms with Gasteiger partial charge in [0, 0.05) is 38.7 Å². The molecule has 1 aromatic heterocycles. The van der Waals surface area contributed by atoms with Gasteiger partial charge in [-0.3, -0.25) is 19.5 Å². The third kappa shape index (κ3) is 4.36. The van der Waals surface area contributed by atoms with E-state index in [9.17, 15) is 19.7 Å². The Kier molecular flexibility index (Phi) is 5.85. The number of piperazine rings is 1. The predicted octanol–water partition coefficient (Wildman–Crippen LogP) is 2.80. The number of nitro groups is 1. The van der Waals surface area contributed by atoms with Crippen LogP contribution in [-0.4, -0.2) is 51.9 Å². The van der Waals surface area contributed by atoms with Crippen LogP contribution < -0.4 is 5.76 Å². The molecule has 0 bridgehead atoms. The minimum atomic E-state index is -0.579. The number of oxazole rings is 1. The first-order valence-corrected chi connectivity index (χ1v) is 10.2. The van der Waals surface area contributed by atoms with E-state index in [1.54, 1.807) is 0 Å². The molecule has 0 aliphatic carbocycles. The van der Waals surface area contributed by atoms with Gasteiger partial charge in [0.05, 0.1) is 22.5 Å². The fourth-order valence-corrected chi connectivity index (χ4v) is 4.09.